The van der Waals surface area contributed by atoms with E-state index in [1.54, 1.807) is 12.1 Å². The van der Waals surface area contributed by atoms with E-state index < -0.39 is 10.0 Å². The smallest absolute Gasteiger partial charge is 0.243 e. The number of rotatable bonds is 5. The van der Waals surface area contributed by atoms with E-state index in [1.807, 2.05) is 11.6 Å². The molecule has 0 atom stereocenters. The molecular weight excluding hydrogens is 400 g/mol. The Bertz CT molecular complexity index is 997. The van der Waals surface area contributed by atoms with Gasteiger partial charge in [0.2, 0.25) is 15.9 Å². The molecule has 1 aliphatic heterocycles. The monoisotopic (exact) mass is 422 g/mol. The minimum Gasteiger partial charge on any atom is -0.349 e. The Morgan fingerprint density at radius 1 is 1.29 bits per heavy atom. The van der Waals surface area contributed by atoms with Crippen LogP contribution in [0, 0.1) is 5.92 Å². The van der Waals surface area contributed by atoms with Gasteiger partial charge in [0.25, 0.3) is 0 Å². The summed E-state index contributed by atoms with van der Waals surface area (Å²) in [6.45, 7) is 1.01. The Hall–Kier alpha value is -1.90. The first-order valence-corrected chi connectivity index (χ1v) is 11.2. The van der Waals surface area contributed by atoms with Crippen molar-refractivity contribution in [1.29, 1.82) is 0 Å². The van der Waals surface area contributed by atoms with Gasteiger partial charge in [-0.1, -0.05) is 18.0 Å². The van der Waals surface area contributed by atoms with Crippen molar-refractivity contribution in [2.45, 2.75) is 43.7 Å². The second kappa shape index (κ2) is 7.50. The number of carbonyl (C=O) groups excluding carboxylic acids is 1. The van der Waals surface area contributed by atoms with Crippen molar-refractivity contribution in [3.8, 4) is 0 Å². The summed E-state index contributed by atoms with van der Waals surface area (Å²) in [5, 5.41) is 3.46. The van der Waals surface area contributed by atoms with E-state index in [0.29, 0.717) is 24.5 Å². The lowest BCUT2D eigenvalue weighted by atomic mass is 9.85. The third kappa shape index (κ3) is 3.56. The minimum absolute atomic E-state index is 0.0826. The van der Waals surface area contributed by atoms with E-state index in [4.69, 9.17) is 11.6 Å². The molecule has 1 aliphatic carbocycles. The van der Waals surface area contributed by atoms with Crippen molar-refractivity contribution in [3.05, 3.63) is 46.5 Å². The highest BCUT2D eigenvalue weighted by Crippen LogP contribution is 2.27. The van der Waals surface area contributed by atoms with Gasteiger partial charge in [0.1, 0.15) is 5.82 Å². The van der Waals surface area contributed by atoms with Gasteiger partial charge < -0.3 is 9.88 Å². The number of amides is 1. The minimum atomic E-state index is -3.60. The fourth-order valence-electron chi connectivity index (χ4n) is 3.62. The molecule has 0 bridgehead atoms. The Morgan fingerprint density at radius 3 is 2.64 bits per heavy atom. The molecule has 9 heteroatoms. The van der Waals surface area contributed by atoms with E-state index in [-0.39, 0.29) is 23.3 Å². The number of sulfonamides is 1. The van der Waals surface area contributed by atoms with Gasteiger partial charge in [-0.3, -0.25) is 4.79 Å². The number of carbonyl (C=O) groups is 1. The molecule has 7 nitrogen and oxygen atoms in total. The van der Waals surface area contributed by atoms with Crippen molar-refractivity contribution in [2.75, 3.05) is 6.54 Å². The Kier molecular flexibility index (Phi) is 5.20. The molecule has 1 aromatic carbocycles. The molecule has 4 rings (SSSR count). The first kappa shape index (κ1) is 19.4. The Balaban J connectivity index is 1.49. The van der Waals surface area contributed by atoms with Gasteiger partial charge in [-0.2, -0.15) is 4.31 Å². The molecule has 2 aromatic rings. The van der Waals surface area contributed by atoms with Crippen LogP contribution in [0.5, 0.6) is 0 Å². The molecule has 0 radical (unpaired) electrons. The molecule has 0 spiro atoms. The van der Waals surface area contributed by atoms with E-state index in [2.05, 4.69) is 10.3 Å². The maximum absolute atomic E-state index is 13.0. The highest BCUT2D eigenvalue weighted by atomic mass is 35.5. The fraction of sp³-hybridized carbons (Fsp3) is 0.474. The quantitative estimate of drug-likeness (QED) is 0.800. The number of benzene rings is 1. The third-order valence-corrected chi connectivity index (χ3v) is 7.77. The molecular formula is C19H23ClN4O3S. The zero-order chi connectivity index (χ0) is 19.9. The molecule has 2 heterocycles. The average Bonchev–Trinajstić information content (AvgIpc) is 2.94. The number of hydrogen-bond acceptors (Lipinski definition) is 4. The van der Waals surface area contributed by atoms with Crippen LogP contribution in [0.4, 0.5) is 0 Å². The van der Waals surface area contributed by atoms with Gasteiger partial charge in [0.15, 0.2) is 0 Å². The third-order valence-electron chi connectivity index (χ3n) is 5.66. The molecule has 1 amide bonds. The normalized spacial score (nSPS) is 17.8. The first-order chi connectivity index (χ1) is 13.4. The van der Waals surface area contributed by atoms with E-state index in [1.165, 1.54) is 16.4 Å². The average molecular weight is 423 g/mol. The molecule has 28 heavy (non-hydrogen) atoms. The van der Waals surface area contributed by atoms with E-state index in [9.17, 15) is 13.2 Å². The summed E-state index contributed by atoms with van der Waals surface area (Å²) >= 11 is 5.87. The van der Waals surface area contributed by atoms with Crippen molar-refractivity contribution < 1.29 is 13.2 Å². The zero-order valence-electron chi connectivity index (χ0n) is 15.7. The molecule has 0 unspecified atom stereocenters. The molecule has 0 saturated heterocycles. The molecule has 1 N–H and O–H groups in total. The second-order valence-electron chi connectivity index (χ2n) is 7.37. The van der Waals surface area contributed by atoms with Crippen molar-refractivity contribution in [1.82, 2.24) is 19.2 Å². The van der Waals surface area contributed by atoms with Crippen LogP contribution in [-0.4, -0.2) is 34.7 Å². The maximum Gasteiger partial charge on any atom is 0.243 e. The highest BCUT2D eigenvalue weighted by Gasteiger charge is 2.31. The lowest BCUT2D eigenvalue weighted by molar-refractivity contribution is -0.127. The zero-order valence-corrected chi connectivity index (χ0v) is 17.3. The van der Waals surface area contributed by atoms with Crippen LogP contribution in [0.15, 0.2) is 29.2 Å². The molecule has 1 aromatic heterocycles. The van der Waals surface area contributed by atoms with E-state index in [0.717, 1.165) is 36.5 Å². The number of nitrogens with zero attached hydrogens (tertiary/aromatic N) is 3. The predicted molar refractivity (Wildman–Crippen MR) is 105 cm³/mol. The van der Waals surface area contributed by atoms with Crippen LogP contribution in [0.3, 0.4) is 0 Å². The van der Waals surface area contributed by atoms with Crippen LogP contribution >= 0.6 is 11.6 Å². The van der Waals surface area contributed by atoms with Crippen LogP contribution < -0.4 is 5.32 Å². The lowest BCUT2D eigenvalue weighted by Gasteiger charge is -2.26. The summed E-state index contributed by atoms with van der Waals surface area (Å²) in [7, 11) is -1.73. The maximum atomic E-state index is 13.0. The summed E-state index contributed by atoms with van der Waals surface area (Å²) in [4.78, 5) is 16.9. The van der Waals surface area contributed by atoms with Crippen LogP contribution in [0.1, 0.15) is 36.5 Å². The second-order valence-corrected chi connectivity index (χ2v) is 9.74. The number of aromatic nitrogens is 2. The lowest BCUT2D eigenvalue weighted by Crippen LogP contribution is -2.36. The van der Waals surface area contributed by atoms with Crippen LogP contribution in [0.2, 0.25) is 5.02 Å². The number of imidazole rings is 1. The van der Waals surface area contributed by atoms with Gasteiger partial charge in [0.05, 0.1) is 29.4 Å². The van der Waals surface area contributed by atoms with Crippen LogP contribution in [-0.2, 0) is 41.4 Å². The molecule has 1 saturated carbocycles. The van der Waals surface area contributed by atoms with Gasteiger partial charge in [0, 0.05) is 31.0 Å². The summed E-state index contributed by atoms with van der Waals surface area (Å²) in [6, 6.07) is 6.21. The van der Waals surface area contributed by atoms with Crippen molar-refractivity contribution in [3.63, 3.8) is 0 Å². The highest BCUT2D eigenvalue weighted by molar-refractivity contribution is 7.89. The topological polar surface area (TPSA) is 84.3 Å². The van der Waals surface area contributed by atoms with E-state index >= 15 is 0 Å². The number of hydrogen-bond donors (Lipinski definition) is 1. The number of nitrogens with one attached hydrogen (secondary N) is 1. The number of fused-ring (bicyclic) bond motifs is 1. The summed E-state index contributed by atoms with van der Waals surface area (Å²) in [5.74, 6) is 0.970. The summed E-state index contributed by atoms with van der Waals surface area (Å²) < 4.78 is 29.3. The Morgan fingerprint density at radius 2 is 2.00 bits per heavy atom. The standard InChI is InChI=1S/C19H23ClN4O3S/c1-23-17-12-24(28(26,27)15-7-5-14(20)6-8-15)10-9-16(17)22-18(23)11-21-19(25)13-3-2-4-13/h5-8,13H,2-4,9-12H2,1H3,(H,21,25). The molecule has 2 aliphatic rings. The predicted octanol–water partition coefficient (Wildman–Crippen LogP) is 2.24. The van der Waals surface area contributed by atoms with Crippen LogP contribution in [0.25, 0.3) is 0 Å². The summed E-state index contributed by atoms with van der Waals surface area (Å²) in [6.07, 6.45) is 3.58. The fourth-order valence-corrected chi connectivity index (χ4v) is 5.15. The van der Waals surface area contributed by atoms with Crippen molar-refractivity contribution in [2.24, 2.45) is 13.0 Å². The van der Waals surface area contributed by atoms with Gasteiger partial charge in [-0.15, -0.1) is 0 Å². The van der Waals surface area contributed by atoms with Gasteiger partial charge in [-0.25, -0.2) is 13.4 Å². The summed E-state index contributed by atoms with van der Waals surface area (Å²) in [5.41, 5.74) is 1.77. The SMILES string of the molecule is Cn1c(CNC(=O)C2CCC2)nc2c1CN(S(=O)(=O)c1ccc(Cl)cc1)CC2. The van der Waals surface area contributed by atoms with Gasteiger partial charge >= 0.3 is 0 Å². The first-order valence-electron chi connectivity index (χ1n) is 9.43. The number of halogens is 1. The molecule has 1 fully saturated rings. The van der Waals surface area contributed by atoms with Crippen molar-refractivity contribution >= 4 is 27.5 Å². The van der Waals surface area contributed by atoms with Gasteiger partial charge in [-0.05, 0) is 37.1 Å². The largest absolute Gasteiger partial charge is 0.349 e. The molecule has 150 valence electrons. The Labute approximate surface area is 169 Å².